The van der Waals surface area contributed by atoms with Gasteiger partial charge in [-0.1, -0.05) is 41.5 Å². The zero-order chi connectivity index (χ0) is 25.1. The summed E-state index contributed by atoms with van der Waals surface area (Å²) in [6.45, 7) is 13.7. The minimum absolute atomic E-state index is 0.185. The van der Waals surface area contributed by atoms with E-state index in [0.29, 0.717) is 19.5 Å². The lowest BCUT2D eigenvalue weighted by Crippen LogP contribution is -2.38. The predicted octanol–water partition coefficient (Wildman–Crippen LogP) is 6.18. The number of hydrogen-bond acceptors (Lipinski definition) is 4. The normalized spacial score (nSPS) is 15.5. The molecule has 2 heterocycles. The number of furan rings is 1. The Morgan fingerprint density at radius 2 is 1.59 bits per heavy atom. The van der Waals surface area contributed by atoms with Crippen LogP contribution in [0.25, 0.3) is 6.08 Å². The number of aryl methyl sites for hydroxylation is 1. The first-order chi connectivity index (χ1) is 15.9. The van der Waals surface area contributed by atoms with Gasteiger partial charge < -0.3 is 14.4 Å². The van der Waals surface area contributed by atoms with Crippen LogP contribution < -0.4 is 0 Å². The van der Waals surface area contributed by atoms with E-state index in [-0.39, 0.29) is 40.3 Å². The zero-order valence-electron chi connectivity index (χ0n) is 21.5. The van der Waals surface area contributed by atoms with Crippen LogP contribution in [0, 0.1) is 0 Å². The molecule has 0 atom stereocenters. The van der Waals surface area contributed by atoms with Crippen LogP contribution in [0.3, 0.4) is 0 Å². The van der Waals surface area contributed by atoms with E-state index in [2.05, 4.69) is 41.5 Å². The number of carbonyl (C=O) groups excluding carboxylic acids is 2. The molecule has 0 saturated carbocycles. The van der Waals surface area contributed by atoms with Crippen LogP contribution in [0.4, 0.5) is 0 Å². The van der Waals surface area contributed by atoms with E-state index in [1.54, 1.807) is 23.3 Å². The van der Waals surface area contributed by atoms with Gasteiger partial charge in [0, 0.05) is 37.1 Å². The van der Waals surface area contributed by atoms with Crippen LogP contribution in [-0.2, 0) is 26.8 Å². The van der Waals surface area contributed by atoms with Gasteiger partial charge in [0.05, 0.1) is 11.8 Å². The number of nitrogens with zero attached hydrogens (tertiary/aromatic N) is 1. The first-order valence-electron chi connectivity index (χ1n) is 12.3. The molecular formula is C29H39NO4. The summed E-state index contributed by atoms with van der Waals surface area (Å²) < 4.78 is 5.38. The van der Waals surface area contributed by atoms with Gasteiger partial charge in [-0.15, -0.1) is 0 Å². The Bertz CT molecular complexity index is 1010. The molecular weight excluding hydrogens is 426 g/mol. The molecule has 184 valence electrons. The first kappa shape index (κ1) is 25.8. The van der Waals surface area contributed by atoms with E-state index in [0.717, 1.165) is 41.7 Å². The molecule has 34 heavy (non-hydrogen) atoms. The van der Waals surface area contributed by atoms with Crippen LogP contribution in [0.1, 0.15) is 89.7 Å². The summed E-state index contributed by atoms with van der Waals surface area (Å²) in [6, 6.07) is 7.46. The number of likely N-dealkylation sites (tertiary alicyclic amines) is 1. The van der Waals surface area contributed by atoms with Crippen LogP contribution in [0.2, 0.25) is 0 Å². The topological polar surface area (TPSA) is 70.8 Å². The van der Waals surface area contributed by atoms with Gasteiger partial charge in [-0.2, -0.15) is 0 Å². The molecule has 0 bridgehead atoms. The van der Waals surface area contributed by atoms with Crippen molar-refractivity contribution in [2.24, 2.45) is 0 Å². The summed E-state index contributed by atoms with van der Waals surface area (Å²) in [5, 5.41) is 11.1. The van der Waals surface area contributed by atoms with Crippen molar-refractivity contribution in [3.8, 4) is 5.75 Å². The number of hydrogen-bond donors (Lipinski definition) is 1. The van der Waals surface area contributed by atoms with Crippen molar-refractivity contribution in [1.82, 2.24) is 4.90 Å². The molecule has 2 aromatic rings. The second-order valence-electron chi connectivity index (χ2n) is 11.4. The summed E-state index contributed by atoms with van der Waals surface area (Å²) in [4.78, 5) is 28.7. The molecule has 1 aromatic carbocycles. The Hall–Kier alpha value is -2.82. The third-order valence-electron chi connectivity index (χ3n) is 6.41. The number of Topliss-reactive ketones (excluding diaryl/α,β-unsaturated/α-hetero) is 1. The third-order valence-corrected chi connectivity index (χ3v) is 6.41. The van der Waals surface area contributed by atoms with E-state index in [9.17, 15) is 14.7 Å². The summed E-state index contributed by atoms with van der Waals surface area (Å²) in [5.74, 6) is 0.625. The highest BCUT2D eigenvalue weighted by atomic mass is 16.3. The summed E-state index contributed by atoms with van der Waals surface area (Å²) in [7, 11) is 0. The fraction of sp³-hybridized carbons (Fsp3) is 0.517. The highest BCUT2D eigenvalue weighted by Gasteiger charge is 2.28. The number of amides is 1. The molecule has 3 rings (SSSR count). The lowest BCUT2D eigenvalue weighted by molar-refractivity contribution is -0.130. The molecule has 1 fully saturated rings. The van der Waals surface area contributed by atoms with Crippen molar-refractivity contribution in [2.75, 3.05) is 13.1 Å². The molecule has 1 aliphatic rings. The molecule has 1 aromatic heterocycles. The number of rotatable bonds is 6. The van der Waals surface area contributed by atoms with Crippen molar-refractivity contribution in [3.05, 3.63) is 58.6 Å². The predicted molar refractivity (Wildman–Crippen MR) is 136 cm³/mol. The first-order valence-corrected chi connectivity index (χ1v) is 12.3. The van der Waals surface area contributed by atoms with Gasteiger partial charge in [-0.25, -0.2) is 0 Å². The van der Waals surface area contributed by atoms with E-state index in [1.165, 1.54) is 0 Å². The quantitative estimate of drug-likeness (QED) is 0.314. The van der Waals surface area contributed by atoms with E-state index < -0.39 is 0 Å². The van der Waals surface area contributed by atoms with Crippen molar-refractivity contribution < 1.29 is 19.1 Å². The van der Waals surface area contributed by atoms with Crippen molar-refractivity contribution in [2.45, 2.75) is 84.5 Å². The summed E-state index contributed by atoms with van der Waals surface area (Å²) >= 11 is 0. The van der Waals surface area contributed by atoms with Crippen molar-refractivity contribution in [1.29, 1.82) is 0 Å². The lowest BCUT2D eigenvalue weighted by atomic mass is 9.78. The zero-order valence-corrected chi connectivity index (χ0v) is 21.5. The molecule has 0 spiro atoms. The molecule has 5 nitrogen and oxygen atoms in total. The number of phenolic OH excluding ortho intramolecular Hbond substituents is 1. The summed E-state index contributed by atoms with van der Waals surface area (Å²) in [6.07, 6.45) is 7.00. The lowest BCUT2D eigenvalue weighted by Gasteiger charge is -2.29. The minimum Gasteiger partial charge on any atom is -0.507 e. The third kappa shape index (κ3) is 6.19. The Kier molecular flexibility index (Phi) is 7.74. The van der Waals surface area contributed by atoms with Gasteiger partial charge in [-0.3, -0.25) is 9.59 Å². The Morgan fingerprint density at radius 3 is 2.09 bits per heavy atom. The van der Waals surface area contributed by atoms with Crippen LogP contribution >= 0.6 is 0 Å². The second-order valence-corrected chi connectivity index (χ2v) is 11.4. The van der Waals surface area contributed by atoms with Gasteiger partial charge in [0.25, 0.3) is 5.91 Å². The Morgan fingerprint density at radius 1 is 1.00 bits per heavy atom. The molecule has 0 aliphatic carbocycles. The average molecular weight is 466 g/mol. The minimum atomic E-state index is -0.297. The maximum Gasteiger partial charge on any atom is 0.257 e. The molecule has 1 aliphatic heterocycles. The molecule has 1 saturated heterocycles. The molecule has 1 amide bonds. The Labute approximate surface area is 203 Å². The molecule has 1 N–H and O–H groups in total. The van der Waals surface area contributed by atoms with E-state index in [1.807, 2.05) is 18.2 Å². The van der Waals surface area contributed by atoms with E-state index >= 15 is 0 Å². The SMILES string of the molecule is CC(C)(C)c1cc(/C=C(\C(=O)CCc2ccco2)C(=O)N2CCCCC2)cc(C(C)(C)C)c1O. The fourth-order valence-corrected chi connectivity index (χ4v) is 4.41. The number of carbonyl (C=O) groups is 2. The number of phenols is 1. The standard InChI is InChI=1S/C29H39NO4/c1-28(2,3)23-18-20(19-24(26(23)32)29(4,5)6)17-22(27(33)30-14-8-7-9-15-30)25(31)13-12-21-11-10-16-34-21/h10-11,16-19,32H,7-9,12-15H2,1-6H3/b22-17+. The smallest absolute Gasteiger partial charge is 0.257 e. The number of ketones is 1. The van der Waals surface area contributed by atoms with Gasteiger partial charge in [0.2, 0.25) is 0 Å². The average Bonchev–Trinajstić information content (AvgIpc) is 3.29. The number of benzene rings is 1. The Balaban J connectivity index is 2.06. The number of aromatic hydroxyl groups is 1. The maximum atomic E-state index is 13.5. The fourth-order valence-electron chi connectivity index (χ4n) is 4.41. The van der Waals surface area contributed by atoms with Gasteiger partial charge in [0.1, 0.15) is 11.5 Å². The van der Waals surface area contributed by atoms with Gasteiger partial charge in [0.15, 0.2) is 5.78 Å². The van der Waals surface area contributed by atoms with Crippen molar-refractivity contribution >= 4 is 17.8 Å². The van der Waals surface area contributed by atoms with Gasteiger partial charge in [-0.05, 0) is 66.0 Å². The molecule has 0 unspecified atom stereocenters. The van der Waals surface area contributed by atoms with Gasteiger partial charge >= 0.3 is 0 Å². The maximum absolute atomic E-state index is 13.5. The van der Waals surface area contributed by atoms with Crippen molar-refractivity contribution in [3.63, 3.8) is 0 Å². The van der Waals surface area contributed by atoms with Crippen LogP contribution in [0.15, 0.2) is 40.5 Å². The molecule has 0 radical (unpaired) electrons. The van der Waals surface area contributed by atoms with Crippen LogP contribution in [-0.4, -0.2) is 34.8 Å². The van der Waals surface area contributed by atoms with E-state index in [4.69, 9.17) is 4.42 Å². The monoisotopic (exact) mass is 465 g/mol. The second kappa shape index (κ2) is 10.2. The molecule has 5 heteroatoms. The largest absolute Gasteiger partial charge is 0.507 e. The highest BCUT2D eigenvalue weighted by Crippen LogP contribution is 2.40. The number of piperidine rings is 1. The van der Waals surface area contributed by atoms with Crippen LogP contribution in [0.5, 0.6) is 5.75 Å². The highest BCUT2D eigenvalue weighted by molar-refractivity contribution is 6.22. The summed E-state index contributed by atoms with van der Waals surface area (Å²) in [5.41, 5.74) is 1.99.